The minimum atomic E-state index is 0.346. The van der Waals surface area contributed by atoms with Crippen molar-refractivity contribution in [3.63, 3.8) is 0 Å². The van der Waals surface area contributed by atoms with Gasteiger partial charge in [0.1, 0.15) is 0 Å². The fraction of sp³-hybridized carbons (Fsp3) is 0.636. The summed E-state index contributed by atoms with van der Waals surface area (Å²) in [6.07, 6.45) is 2.44. The van der Waals surface area contributed by atoms with Gasteiger partial charge in [-0.2, -0.15) is 0 Å². The summed E-state index contributed by atoms with van der Waals surface area (Å²) in [4.78, 5) is 8.79. The minimum Gasteiger partial charge on any atom is -0.370 e. The van der Waals surface area contributed by atoms with Gasteiger partial charge in [-0.05, 0) is 19.8 Å². The molecule has 5 heteroatoms. The van der Waals surface area contributed by atoms with E-state index in [4.69, 9.17) is 5.73 Å². The highest BCUT2D eigenvalue weighted by molar-refractivity contribution is 7.09. The largest absolute Gasteiger partial charge is 0.370 e. The van der Waals surface area contributed by atoms with Crippen molar-refractivity contribution in [3.8, 4) is 0 Å². The lowest BCUT2D eigenvalue weighted by Gasteiger charge is -2.06. The maximum absolute atomic E-state index is 5.77. The van der Waals surface area contributed by atoms with Crippen LogP contribution < -0.4 is 11.1 Å². The van der Waals surface area contributed by atoms with Crippen LogP contribution in [0.4, 0.5) is 0 Å². The molecule has 0 spiro atoms. The van der Waals surface area contributed by atoms with Crippen molar-refractivity contribution in [2.45, 2.75) is 38.6 Å². The number of nitrogens with two attached hydrogens (primary N) is 1. The third-order valence-electron chi connectivity index (χ3n) is 2.52. The third-order valence-corrected chi connectivity index (χ3v) is 3.72. The van der Waals surface area contributed by atoms with Crippen LogP contribution in [0.3, 0.4) is 0 Å². The highest BCUT2D eigenvalue weighted by Gasteiger charge is 2.21. The molecular weight excluding hydrogens is 220 g/mol. The van der Waals surface area contributed by atoms with Gasteiger partial charge in [0.05, 0.1) is 11.6 Å². The Bertz CT molecular complexity index is 381. The maximum atomic E-state index is 5.77. The molecule has 2 rings (SSSR count). The highest BCUT2D eigenvalue weighted by atomic mass is 32.1. The van der Waals surface area contributed by atoms with Crippen LogP contribution in [-0.2, 0) is 0 Å². The second-order valence-corrected chi connectivity index (χ2v) is 5.26. The van der Waals surface area contributed by atoms with E-state index < -0.39 is 0 Å². The standard InChI is InChI=1S/C11H18N4S/c1-7(10-14-8(2)6-16-10)5-13-11(12)15-9-3-4-9/h6-7,9H,3-5H2,1-2H3,(H3,12,13,15). The van der Waals surface area contributed by atoms with E-state index >= 15 is 0 Å². The number of aliphatic imine (C=N–C) groups is 1. The average molecular weight is 238 g/mol. The Morgan fingerprint density at radius 2 is 2.50 bits per heavy atom. The lowest BCUT2D eigenvalue weighted by Crippen LogP contribution is -2.33. The van der Waals surface area contributed by atoms with Crippen LogP contribution in [-0.4, -0.2) is 23.5 Å². The second kappa shape index (κ2) is 4.82. The van der Waals surface area contributed by atoms with Crippen molar-refractivity contribution in [2.75, 3.05) is 6.54 Å². The predicted octanol–water partition coefficient (Wildman–Crippen LogP) is 1.62. The Morgan fingerprint density at radius 1 is 1.75 bits per heavy atom. The molecule has 1 aromatic heterocycles. The molecule has 0 aromatic carbocycles. The predicted molar refractivity (Wildman–Crippen MR) is 67.9 cm³/mol. The topological polar surface area (TPSA) is 63.3 Å². The van der Waals surface area contributed by atoms with E-state index in [0.29, 0.717) is 24.5 Å². The molecule has 3 N–H and O–H groups in total. The molecule has 16 heavy (non-hydrogen) atoms. The summed E-state index contributed by atoms with van der Waals surface area (Å²) in [6, 6.07) is 0.571. The van der Waals surface area contributed by atoms with Gasteiger partial charge in [0.25, 0.3) is 0 Å². The molecule has 1 aliphatic rings. The Hall–Kier alpha value is -1.10. The van der Waals surface area contributed by atoms with E-state index in [1.807, 2.05) is 6.92 Å². The number of thiazole rings is 1. The molecule has 1 fully saturated rings. The van der Waals surface area contributed by atoms with Crippen LogP contribution in [0.5, 0.6) is 0 Å². The molecular formula is C11H18N4S. The van der Waals surface area contributed by atoms with Gasteiger partial charge in [-0.25, -0.2) is 4.98 Å². The summed E-state index contributed by atoms with van der Waals surface area (Å²) < 4.78 is 0. The molecule has 1 atom stereocenters. The van der Waals surface area contributed by atoms with E-state index in [2.05, 4.69) is 27.6 Å². The van der Waals surface area contributed by atoms with E-state index in [0.717, 1.165) is 10.7 Å². The first kappa shape index (κ1) is 11.4. The first-order chi connectivity index (χ1) is 7.65. The number of rotatable bonds is 4. The van der Waals surface area contributed by atoms with Gasteiger partial charge >= 0.3 is 0 Å². The van der Waals surface area contributed by atoms with Gasteiger partial charge in [-0.1, -0.05) is 6.92 Å². The Morgan fingerprint density at radius 3 is 3.06 bits per heavy atom. The number of guanidine groups is 1. The second-order valence-electron chi connectivity index (χ2n) is 4.37. The van der Waals surface area contributed by atoms with Crippen molar-refractivity contribution in [2.24, 2.45) is 10.7 Å². The monoisotopic (exact) mass is 238 g/mol. The summed E-state index contributed by atoms with van der Waals surface area (Å²) in [5.74, 6) is 0.917. The quantitative estimate of drug-likeness (QED) is 0.619. The number of nitrogens with one attached hydrogen (secondary N) is 1. The van der Waals surface area contributed by atoms with Gasteiger partial charge in [0.15, 0.2) is 5.96 Å². The van der Waals surface area contributed by atoms with Crippen molar-refractivity contribution >= 4 is 17.3 Å². The highest BCUT2D eigenvalue weighted by Crippen LogP contribution is 2.20. The molecule has 1 saturated carbocycles. The Kier molecular flexibility index (Phi) is 3.43. The average Bonchev–Trinajstić information content (AvgIpc) is 2.95. The van der Waals surface area contributed by atoms with Crippen LogP contribution in [0.15, 0.2) is 10.4 Å². The Balaban J connectivity index is 1.84. The molecule has 1 aromatic rings. The first-order valence-corrected chi connectivity index (χ1v) is 6.51. The molecule has 0 amide bonds. The molecule has 1 unspecified atom stereocenters. The lowest BCUT2D eigenvalue weighted by molar-refractivity contribution is 0.754. The summed E-state index contributed by atoms with van der Waals surface area (Å²) in [7, 11) is 0. The van der Waals surface area contributed by atoms with Gasteiger partial charge in [-0.15, -0.1) is 11.3 Å². The van der Waals surface area contributed by atoms with E-state index in [-0.39, 0.29) is 0 Å². The van der Waals surface area contributed by atoms with Crippen molar-refractivity contribution in [1.29, 1.82) is 0 Å². The number of hydrogen-bond donors (Lipinski definition) is 2. The van der Waals surface area contributed by atoms with Gasteiger partial charge in [0, 0.05) is 23.0 Å². The van der Waals surface area contributed by atoms with Gasteiger partial charge in [-0.3, -0.25) is 4.99 Å². The molecule has 0 bridgehead atoms. The zero-order valence-electron chi connectivity index (χ0n) is 9.73. The normalized spacial score (nSPS) is 18.5. The summed E-state index contributed by atoms with van der Waals surface area (Å²) in [5, 5.41) is 6.39. The fourth-order valence-corrected chi connectivity index (χ4v) is 2.24. The SMILES string of the molecule is Cc1csc(C(C)CN=C(N)NC2CC2)n1. The Labute approximate surface area is 100.0 Å². The fourth-order valence-electron chi connectivity index (χ4n) is 1.39. The maximum Gasteiger partial charge on any atom is 0.188 e. The third kappa shape index (κ3) is 3.20. The van der Waals surface area contributed by atoms with E-state index in [9.17, 15) is 0 Å². The van der Waals surface area contributed by atoms with E-state index in [1.165, 1.54) is 12.8 Å². The zero-order chi connectivity index (χ0) is 11.5. The summed E-state index contributed by atoms with van der Waals surface area (Å²) in [6.45, 7) is 4.85. The van der Waals surface area contributed by atoms with Crippen molar-refractivity contribution < 1.29 is 0 Å². The molecule has 0 aliphatic heterocycles. The zero-order valence-corrected chi connectivity index (χ0v) is 10.5. The first-order valence-electron chi connectivity index (χ1n) is 5.63. The molecule has 1 aliphatic carbocycles. The smallest absolute Gasteiger partial charge is 0.188 e. The number of hydrogen-bond acceptors (Lipinski definition) is 3. The van der Waals surface area contributed by atoms with Crippen LogP contribution in [0, 0.1) is 6.92 Å². The number of nitrogens with zero attached hydrogens (tertiary/aromatic N) is 2. The summed E-state index contributed by atoms with van der Waals surface area (Å²) in [5.41, 5.74) is 6.85. The molecule has 1 heterocycles. The van der Waals surface area contributed by atoms with Crippen molar-refractivity contribution in [1.82, 2.24) is 10.3 Å². The van der Waals surface area contributed by atoms with Gasteiger partial charge in [0.2, 0.25) is 0 Å². The van der Waals surface area contributed by atoms with Crippen LogP contribution >= 0.6 is 11.3 Å². The number of aromatic nitrogens is 1. The molecule has 0 saturated heterocycles. The molecule has 0 radical (unpaired) electrons. The lowest BCUT2D eigenvalue weighted by atomic mass is 10.2. The number of aryl methyl sites for hydroxylation is 1. The van der Waals surface area contributed by atoms with Gasteiger partial charge < -0.3 is 11.1 Å². The molecule has 88 valence electrons. The van der Waals surface area contributed by atoms with Crippen LogP contribution in [0.2, 0.25) is 0 Å². The molecule has 4 nitrogen and oxygen atoms in total. The minimum absolute atomic E-state index is 0.346. The van der Waals surface area contributed by atoms with Crippen LogP contribution in [0.1, 0.15) is 36.4 Å². The van der Waals surface area contributed by atoms with Crippen LogP contribution in [0.25, 0.3) is 0 Å². The van der Waals surface area contributed by atoms with E-state index in [1.54, 1.807) is 11.3 Å². The summed E-state index contributed by atoms with van der Waals surface area (Å²) >= 11 is 1.69. The van der Waals surface area contributed by atoms with Crippen molar-refractivity contribution in [3.05, 3.63) is 16.1 Å².